The summed E-state index contributed by atoms with van der Waals surface area (Å²) in [5, 5.41) is 0.741. The van der Waals surface area contributed by atoms with Crippen LogP contribution in [-0.2, 0) is 16.4 Å². The van der Waals surface area contributed by atoms with Crippen molar-refractivity contribution >= 4 is 21.6 Å². The fraction of sp³-hybridized carbons (Fsp3) is 0.389. The number of nitrogens with zero attached hydrogens (tertiary/aromatic N) is 2. The smallest absolute Gasteiger partial charge is 0.211 e. The van der Waals surface area contributed by atoms with Gasteiger partial charge >= 0.3 is 0 Å². The van der Waals surface area contributed by atoms with Gasteiger partial charge in [-0.2, -0.15) is 0 Å². The monoisotopic (exact) mass is 364 g/mol. The van der Waals surface area contributed by atoms with E-state index in [1.165, 1.54) is 6.26 Å². The van der Waals surface area contributed by atoms with Crippen molar-refractivity contribution < 1.29 is 8.42 Å². The summed E-state index contributed by atoms with van der Waals surface area (Å²) in [7, 11) is -3.14. The molecule has 1 fully saturated rings. The molecule has 0 radical (unpaired) electrons. The lowest BCUT2D eigenvalue weighted by Gasteiger charge is -2.30. The normalized spacial score (nSPS) is 19.3. The van der Waals surface area contributed by atoms with Crippen LogP contribution < -0.4 is 0 Å². The third-order valence-corrected chi connectivity index (χ3v) is 6.07. The van der Waals surface area contributed by atoms with Crippen LogP contribution in [0.25, 0.3) is 0 Å². The Hall–Kier alpha value is -1.43. The highest BCUT2D eigenvalue weighted by Gasteiger charge is 2.27. The number of pyridine rings is 1. The minimum Gasteiger partial charge on any atom is -0.257 e. The maximum absolute atomic E-state index is 11.8. The molecular formula is C18H21ClN2O2S. The van der Waals surface area contributed by atoms with Gasteiger partial charge in [0.2, 0.25) is 10.0 Å². The molecule has 1 aromatic carbocycles. The fourth-order valence-corrected chi connectivity index (χ4v) is 4.26. The second kappa shape index (κ2) is 7.21. The van der Waals surface area contributed by atoms with Crippen LogP contribution in [0.2, 0.25) is 5.02 Å². The van der Waals surface area contributed by atoms with Crippen LogP contribution >= 0.6 is 11.6 Å². The zero-order valence-electron chi connectivity index (χ0n) is 13.7. The van der Waals surface area contributed by atoms with Crippen molar-refractivity contribution in [2.45, 2.75) is 25.2 Å². The molecule has 0 N–H and O–H groups in total. The third kappa shape index (κ3) is 4.15. The third-order valence-electron chi connectivity index (χ3n) is 4.43. The van der Waals surface area contributed by atoms with E-state index in [2.05, 4.69) is 0 Å². The lowest BCUT2D eigenvalue weighted by molar-refractivity contribution is 0.314. The Morgan fingerprint density at radius 1 is 1.21 bits per heavy atom. The molecule has 0 spiro atoms. The van der Waals surface area contributed by atoms with Crippen LogP contribution in [0.5, 0.6) is 0 Å². The van der Waals surface area contributed by atoms with E-state index in [0.29, 0.717) is 19.5 Å². The standard InChI is InChI=1S/C18H21ClN2O2S/c1-24(22,23)21-11-5-7-15(13-21)18-10-4-8-16(20-18)12-14-6-2-3-9-17(14)19/h2-4,6,8-10,15H,5,7,11-13H2,1H3/t15-/m0/s1. The summed E-state index contributed by atoms with van der Waals surface area (Å²) < 4.78 is 25.2. The summed E-state index contributed by atoms with van der Waals surface area (Å²) in [5.41, 5.74) is 2.97. The molecule has 0 aliphatic carbocycles. The number of piperidine rings is 1. The Kier molecular flexibility index (Phi) is 5.23. The minimum atomic E-state index is -3.14. The van der Waals surface area contributed by atoms with Crippen LogP contribution in [0.15, 0.2) is 42.5 Å². The number of aromatic nitrogens is 1. The average Bonchev–Trinajstić information content (AvgIpc) is 2.57. The van der Waals surface area contributed by atoms with Crippen molar-refractivity contribution in [3.05, 3.63) is 64.4 Å². The summed E-state index contributed by atoms with van der Waals surface area (Å²) in [6.45, 7) is 1.12. The number of benzene rings is 1. The summed E-state index contributed by atoms with van der Waals surface area (Å²) in [4.78, 5) is 4.77. The van der Waals surface area contributed by atoms with E-state index in [1.807, 2.05) is 42.5 Å². The molecule has 24 heavy (non-hydrogen) atoms. The first-order chi connectivity index (χ1) is 11.4. The van der Waals surface area contributed by atoms with Gasteiger partial charge in [-0.05, 0) is 36.6 Å². The second-order valence-electron chi connectivity index (χ2n) is 6.28. The highest BCUT2D eigenvalue weighted by Crippen LogP contribution is 2.27. The Labute approximate surface area is 148 Å². The van der Waals surface area contributed by atoms with Crippen LogP contribution in [0, 0.1) is 0 Å². The maximum Gasteiger partial charge on any atom is 0.211 e. The summed E-state index contributed by atoms with van der Waals surface area (Å²) in [6, 6.07) is 13.7. The van der Waals surface area contributed by atoms with Gasteiger partial charge in [-0.3, -0.25) is 4.98 Å². The van der Waals surface area contributed by atoms with E-state index in [4.69, 9.17) is 16.6 Å². The first kappa shape index (κ1) is 17.4. The molecule has 0 amide bonds. The molecule has 1 aliphatic rings. The van der Waals surface area contributed by atoms with E-state index in [0.717, 1.165) is 34.8 Å². The van der Waals surface area contributed by atoms with E-state index >= 15 is 0 Å². The molecule has 0 unspecified atom stereocenters. The van der Waals surface area contributed by atoms with E-state index < -0.39 is 10.0 Å². The molecule has 0 saturated carbocycles. The van der Waals surface area contributed by atoms with Gasteiger partial charge in [-0.1, -0.05) is 35.9 Å². The second-order valence-corrected chi connectivity index (χ2v) is 8.67. The van der Waals surface area contributed by atoms with Crippen molar-refractivity contribution in [2.75, 3.05) is 19.3 Å². The molecule has 2 heterocycles. The number of sulfonamides is 1. The Morgan fingerprint density at radius 3 is 2.75 bits per heavy atom. The van der Waals surface area contributed by atoms with Gasteiger partial charge in [-0.25, -0.2) is 12.7 Å². The van der Waals surface area contributed by atoms with E-state index in [1.54, 1.807) is 4.31 Å². The Bertz CT molecular complexity index is 823. The summed E-state index contributed by atoms with van der Waals surface area (Å²) in [5.74, 6) is 0.152. The number of halogens is 1. The minimum absolute atomic E-state index is 0.152. The molecule has 2 aromatic rings. The lowest BCUT2D eigenvalue weighted by atomic mass is 9.95. The molecule has 1 saturated heterocycles. The molecule has 128 valence electrons. The molecular weight excluding hydrogens is 344 g/mol. The summed E-state index contributed by atoms with van der Waals surface area (Å²) >= 11 is 6.23. The molecule has 0 bridgehead atoms. The molecule has 1 aliphatic heterocycles. The van der Waals surface area contributed by atoms with Gasteiger partial charge < -0.3 is 0 Å². The van der Waals surface area contributed by atoms with Crippen LogP contribution in [0.3, 0.4) is 0 Å². The molecule has 3 rings (SSSR count). The van der Waals surface area contributed by atoms with Gasteiger partial charge in [0.25, 0.3) is 0 Å². The highest BCUT2D eigenvalue weighted by atomic mass is 35.5. The highest BCUT2D eigenvalue weighted by molar-refractivity contribution is 7.88. The predicted molar refractivity (Wildman–Crippen MR) is 96.9 cm³/mol. The first-order valence-corrected chi connectivity index (χ1v) is 10.3. The Morgan fingerprint density at radius 2 is 2.00 bits per heavy atom. The van der Waals surface area contributed by atoms with E-state index in [9.17, 15) is 8.42 Å². The van der Waals surface area contributed by atoms with Crippen molar-refractivity contribution in [3.8, 4) is 0 Å². The molecule has 4 nitrogen and oxygen atoms in total. The maximum atomic E-state index is 11.8. The van der Waals surface area contributed by atoms with Crippen LogP contribution in [0.4, 0.5) is 0 Å². The molecule has 1 atom stereocenters. The SMILES string of the molecule is CS(=O)(=O)N1CCC[C@H](c2cccc(Cc3ccccc3Cl)n2)C1. The van der Waals surface area contributed by atoms with Crippen LogP contribution in [-0.4, -0.2) is 37.1 Å². The fourth-order valence-electron chi connectivity index (χ4n) is 3.15. The largest absolute Gasteiger partial charge is 0.257 e. The van der Waals surface area contributed by atoms with Crippen LogP contribution in [0.1, 0.15) is 35.7 Å². The Balaban J connectivity index is 1.79. The predicted octanol–water partition coefficient (Wildman–Crippen LogP) is 3.46. The quantitative estimate of drug-likeness (QED) is 0.834. The zero-order valence-corrected chi connectivity index (χ0v) is 15.2. The van der Waals surface area contributed by atoms with Gasteiger partial charge in [0.15, 0.2) is 0 Å². The van der Waals surface area contributed by atoms with Crippen molar-refractivity contribution in [1.29, 1.82) is 0 Å². The van der Waals surface area contributed by atoms with Gasteiger partial charge in [0.1, 0.15) is 0 Å². The van der Waals surface area contributed by atoms with Gasteiger partial charge in [0.05, 0.1) is 6.26 Å². The molecule has 6 heteroatoms. The lowest BCUT2D eigenvalue weighted by Crippen LogP contribution is -2.38. The molecule has 1 aromatic heterocycles. The number of hydrogen-bond acceptors (Lipinski definition) is 3. The van der Waals surface area contributed by atoms with Crippen molar-refractivity contribution in [3.63, 3.8) is 0 Å². The topological polar surface area (TPSA) is 50.3 Å². The average molecular weight is 365 g/mol. The zero-order chi connectivity index (χ0) is 17.2. The summed E-state index contributed by atoms with van der Waals surface area (Å²) in [6.07, 6.45) is 3.79. The van der Waals surface area contributed by atoms with E-state index in [-0.39, 0.29) is 5.92 Å². The van der Waals surface area contributed by atoms with Gasteiger partial charge in [-0.15, -0.1) is 0 Å². The van der Waals surface area contributed by atoms with Crippen molar-refractivity contribution in [2.24, 2.45) is 0 Å². The first-order valence-electron chi connectivity index (χ1n) is 8.08. The van der Waals surface area contributed by atoms with Crippen molar-refractivity contribution in [1.82, 2.24) is 9.29 Å². The number of rotatable bonds is 4. The number of hydrogen-bond donors (Lipinski definition) is 0. The van der Waals surface area contributed by atoms with Gasteiger partial charge in [0, 0.05) is 41.8 Å².